The maximum Gasteiger partial charge on any atom is 0.303 e. The number of benzene rings is 5. The molecule has 6 atom stereocenters. The first-order valence-electron chi connectivity index (χ1n) is 18.8. The van der Waals surface area contributed by atoms with Gasteiger partial charge in [-0.1, -0.05) is 133 Å². The second-order valence-electron chi connectivity index (χ2n) is 13.4. The first-order chi connectivity index (χ1) is 27.6. The molecule has 0 radical (unpaired) electrons. The van der Waals surface area contributed by atoms with Gasteiger partial charge in [-0.15, -0.1) is 0 Å². The van der Waals surface area contributed by atoms with Crippen LogP contribution in [-0.2, 0) is 75.7 Å². The first kappa shape index (κ1) is 40.7. The third kappa shape index (κ3) is 12.3. The zero-order chi connectivity index (χ0) is 38.8. The third-order valence-electron chi connectivity index (χ3n) is 9.33. The zero-order valence-electron chi connectivity index (χ0n) is 31.9. The Morgan fingerprint density at radius 3 is 1.07 bits per heavy atom. The summed E-state index contributed by atoms with van der Waals surface area (Å²) in [6.07, 6.45) is -5.23. The molecular formula is C46H50O10. The van der Waals surface area contributed by atoms with E-state index in [1.165, 1.54) is 6.92 Å². The molecule has 0 heterocycles. The summed E-state index contributed by atoms with van der Waals surface area (Å²) < 4.78 is 57.0. The number of methoxy groups -OCH3 is 1. The lowest BCUT2D eigenvalue weighted by molar-refractivity contribution is -0.301. The summed E-state index contributed by atoms with van der Waals surface area (Å²) in [5.41, 5.74) is 4.77. The van der Waals surface area contributed by atoms with Crippen LogP contribution in [0.25, 0.3) is 0 Å². The van der Waals surface area contributed by atoms with Crippen LogP contribution in [0.15, 0.2) is 146 Å². The lowest BCUT2D eigenvalue weighted by atomic mass is 9.83. The lowest BCUT2D eigenvalue weighted by Crippen LogP contribution is -2.67. The summed E-state index contributed by atoms with van der Waals surface area (Å²) in [5, 5.41) is 0. The molecule has 1 saturated carbocycles. The summed E-state index contributed by atoms with van der Waals surface area (Å²) in [4.78, 5) is 12.9. The number of hydrogen-bond acceptors (Lipinski definition) is 10. The minimum Gasteiger partial charge on any atom is -0.497 e. The zero-order valence-corrected chi connectivity index (χ0v) is 31.9. The van der Waals surface area contributed by atoms with E-state index in [-0.39, 0.29) is 33.4 Å². The van der Waals surface area contributed by atoms with Crippen LogP contribution in [0.2, 0.25) is 0 Å². The predicted octanol–water partition coefficient (Wildman–Crippen LogP) is 7.82. The largest absolute Gasteiger partial charge is 0.497 e. The van der Waals surface area contributed by atoms with Crippen molar-refractivity contribution in [1.29, 1.82) is 0 Å². The Morgan fingerprint density at radius 2 is 0.732 bits per heavy atom. The molecule has 0 spiro atoms. The second-order valence-corrected chi connectivity index (χ2v) is 13.4. The highest BCUT2D eigenvalue weighted by Gasteiger charge is 2.56. The highest BCUT2D eigenvalue weighted by molar-refractivity contribution is 5.66. The van der Waals surface area contributed by atoms with Crippen molar-refractivity contribution in [3.63, 3.8) is 0 Å². The van der Waals surface area contributed by atoms with Crippen LogP contribution in [0.4, 0.5) is 0 Å². The quantitative estimate of drug-likeness (QED) is 0.0418. The maximum absolute atomic E-state index is 12.9. The number of rotatable bonds is 21. The molecule has 1 fully saturated rings. The van der Waals surface area contributed by atoms with Gasteiger partial charge in [0.1, 0.15) is 49.9 Å². The molecule has 5 aromatic rings. The smallest absolute Gasteiger partial charge is 0.303 e. The number of carbonyl (C=O) groups excluding carboxylic acids is 1. The molecule has 0 aromatic heterocycles. The molecular weight excluding hydrogens is 712 g/mol. The van der Waals surface area contributed by atoms with Crippen molar-refractivity contribution in [3.8, 4) is 5.75 Å². The van der Waals surface area contributed by atoms with Gasteiger partial charge in [0.15, 0.2) is 6.10 Å². The average molecular weight is 763 g/mol. The molecule has 1 aliphatic rings. The maximum atomic E-state index is 12.9. The van der Waals surface area contributed by atoms with Crippen molar-refractivity contribution in [3.05, 3.63) is 173 Å². The van der Waals surface area contributed by atoms with Gasteiger partial charge >= 0.3 is 5.97 Å². The molecule has 0 saturated heterocycles. The fourth-order valence-electron chi connectivity index (χ4n) is 6.56. The first-order valence-corrected chi connectivity index (χ1v) is 18.8. The van der Waals surface area contributed by atoms with E-state index in [4.69, 9.17) is 42.6 Å². The molecule has 0 N–H and O–H groups in total. The van der Waals surface area contributed by atoms with E-state index >= 15 is 0 Å². The van der Waals surface area contributed by atoms with E-state index < -0.39 is 42.6 Å². The summed E-state index contributed by atoms with van der Waals surface area (Å²) in [6.45, 7) is 2.39. The average Bonchev–Trinajstić information content (AvgIpc) is 3.24. The Balaban J connectivity index is 1.34. The van der Waals surface area contributed by atoms with Crippen molar-refractivity contribution in [1.82, 2.24) is 0 Å². The summed E-state index contributed by atoms with van der Waals surface area (Å²) in [7, 11) is 1.62. The van der Waals surface area contributed by atoms with Crippen molar-refractivity contribution in [2.75, 3.05) is 20.7 Å². The van der Waals surface area contributed by atoms with Gasteiger partial charge in [0.2, 0.25) is 0 Å². The molecule has 56 heavy (non-hydrogen) atoms. The molecule has 294 valence electrons. The minimum absolute atomic E-state index is 0.122. The summed E-state index contributed by atoms with van der Waals surface area (Å²) in [5.74, 6) is 0.206. The molecule has 10 nitrogen and oxygen atoms in total. The number of esters is 1. The Labute approximate surface area is 329 Å². The normalized spacial score (nSPS) is 20.7. The van der Waals surface area contributed by atoms with E-state index in [2.05, 4.69) is 0 Å². The minimum atomic E-state index is -1.01. The molecule has 10 heteroatoms. The van der Waals surface area contributed by atoms with E-state index in [1.807, 2.05) is 146 Å². The van der Waals surface area contributed by atoms with Gasteiger partial charge in [-0.3, -0.25) is 4.79 Å². The van der Waals surface area contributed by atoms with E-state index in [0.717, 1.165) is 33.6 Å². The summed E-state index contributed by atoms with van der Waals surface area (Å²) in [6, 6.07) is 46.9. The van der Waals surface area contributed by atoms with Crippen LogP contribution < -0.4 is 4.74 Å². The van der Waals surface area contributed by atoms with Gasteiger partial charge in [0, 0.05) is 6.92 Å². The molecule has 0 bridgehead atoms. The molecule has 0 aliphatic heterocycles. The van der Waals surface area contributed by atoms with Gasteiger partial charge in [-0.2, -0.15) is 0 Å². The predicted molar refractivity (Wildman–Crippen MR) is 209 cm³/mol. The van der Waals surface area contributed by atoms with Gasteiger partial charge in [-0.05, 0) is 39.9 Å². The van der Waals surface area contributed by atoms with Crippen LogP contribution in [0.3, 0.4) is 0 Å². The van der Waals surface area contributed by atoms with Gasteiger partial charge < -0.3 is 42.6 Å². The highest BCUT2D eigenvalue weighted by Crippen LogP contribution is 2.36. The van der Waals surface area contributed by atoms with E-state index in [0.29, 0.717) is 13.2 Å². The number of ether oxygens (including phenoxy) is 9. The van der Waals surface area contributed by atoms with Crippen LogP contribution in [-0.4, -0.2) is 63.3 Å². The van der Waals surface area contributed by atoms with Crippen LogP contribution in [0.1, 0.15) is 34.7 Å². The standard InChI is InChI=1S/C46H50O10/c1-34(47)56-46-44(54-32-49-27-35-15-7-3-8-16-35)42(52-30-38-21-13-6-14-22-38)41(51-29-37-19-11-5-12-20-37)43(53-31-39-23-25-40(48-2)26-24-39)45(46)55-33-50-28-36-17-9-4-10-18-36/h3-26,41-46H,27-33H2,1-2H3/t41-,42-,43+,44+,45+,46-/m0/s1. The SMILES string of the molecule is COc1ccc(CO[C@@H]2[C@@H](OCc3ccccc3)[C@H](OCc3ccccc3)[C@@H](OCOCc3ccccc3)[C@H](OC(C)=O)[C@@H]2OCOCc2ccccc2)cc1. The van der Waals surface area contributed by atoms with Crippen molar-refractivity contribution < 1.29 is 47.4 Å². The van der Waals surface area contributed by atoms with Gasteiger partial charge in [-0.25, -0.2) is 0 Å². The molecule has 1 aliphatic carbocycles. The van der Waals surface area contributed by atoms with Crippen LogP contribution in [0.5, 0.6) is 5.75 Å². The highest BCUT2D eigenvalue weighted by atomic mass is 16.7. The molecule has 0 unspecified atom stereocenters. The fourth-order valence-corrected chi connectivity index (χ4v) is 6.56. The van der Waals surface area contributed by atoms with Crippen molar-refractivity contribution >= 4 is 5.97 Å². The van der Waals surface area contributed by atoms with Gasteiger partial charge in [0.25, 0.3) is 0 Å². The molecule has 0 amide bonds. The van der Waals surface area contributed by atoms with Crippen LogP contribution >= 0.6 is 0 Å². The number of hydrogen-bond donors (Lipinski definition) is 0. The Morgan fingerprint density at radius 1 is 0.411 bits per heavy atom. The topological polar surface area (TPSA) is 100 Å². The Kier molecular flexibility index (Phi) is 16.0. The fraction of sp³-hybridized carbons (Fsp3) is 0.326. The number of carbonyl (C=O) groups is 1. The molecule has 6 rings (SSSR count). The third-order valence-corrected chi connectivity index (χ3v) is 9.33. The van der Waals surface area contributed by atoms with Crippen molar-refractivity contribution in [2.24, 2.45) is 0 Å². The Bertz CT molecular complexity index is 1830. The Hall–Kier alpha value is -4.91. The van der Waals surface area contributed by atoms with Gasteiger partial charge in [0.05, 0.1) is 40.1 Å². The summed E-state index contributed by atoms with van der Waals surface area (Å²) >= 11 is 0. The van der Waals surface area contributed by atoms with E-state index in [1.54, 1.807) is 7.11 Å². The monoisotopic (exact) mass is 762 g/mol. The molecule has 5 aromatic carbocycles. The second kappa shape index (κ2) is 22.0. The van der Waals surface area contributed by atoms with Crippen LogP contribution in [0, 0.1) is 0 Å². The lowest BCUT2D eigenvalue weighted by Gasteiger charge is -2.49. The van der Waals surface area contributed by atoms with E-state index in [9.17, 15) is 4.79 Å². The van der Waals surface area contributed by atoms with Crippen molar-refractivity contribution in [2.45, 2.75) is 76.6 Å².